The van der Waals surface area contributed by atoms with E-state index in [0.29, 0.717) is 11.1 Å². The number of aromatic nitrogens is 3. The van der Waals surface area contributed by atoms with Crippen molar-refractivity contribution in [3.63, 3.8) is 0 Å². The first-order valence-corrected chi connectivity index (χ1v) is 6.12. The molecule has 0 bridgehead atoms. The first kappa shape index (κ1) is 14.0. The van der Waals surface area contributed by atoms with Crippen molar-refractivity contribution in [2.45, 2.75) is 13.8 Å². The van der Waals surface area contributed by atoms with E-state index in [9.17, 15) is 9.59 Å². The summed E-state index contributed by atoms with van der Waals surface area (Å²) in [5.74, 6) is -1.28. The lowest BCUT2D eigenvalue weighted by Gasteiger charge is -2.19. The lowest BCUT2D eigenvalue weighted by molar-refractivity contribution is -0.146. The Hall–Kier alpha value is -2.44. The first-order valence-electron chi connectivity index (χ1n) is 6.12. The van der Waals surface area contributed by atoms with Crippen molar-refractivity contribution in [2.75, 3.05) is 6.54 Å². The maximum Gasteiger partial charge on any atom is 0.310 e. The number of aryl methyl sites for hydroxylation is 1. The Morgan fingerprint density at radius 1 is 1.40 bits per heavy atom. The molecule has 2 N–H and O–H groups in total. The fraction of sp³-hybridized carbons (Fsp3) is 0.385. The molecule has 0 aliphatic heterocycles. The van der Waals surface area contributed by atoms with Crippen molar-refractivity contribution in [2.24, 2.45) is 12.5 Å². The summed E-state index contributed by atoms with van der Waals surface area (Å²) >= 11 is 0. The van der Waals surface area contributed by atoms with Crippen LogP contribution in [0, 0.1) is 5.41 Å². The van der Waals surface area contributed by atoms with Gasteiger partial charge < -0.3 is 10.4 Å². The summed E-state index contributed by atoms with van der Waals surface area (Å²) in [5.41, 5.74) is 0.871. The van der Waals surface area contributed by atoms with E-state index in [0.717, 1.165) is 5.52 Å². The minimum atomic E-state index is -1.01. The van der Waals surface area contributed by atoms with Crippen molar-refractivity contribution < 1.29 is 14.7 Å². The van der Waals surface area contributed by atoms with Crippen LogP contribution in [0.2, 0.25) is 0 Å². The Bertz CT molecular complexity index is 675. The van der Waals surface area contributed by atoms with E-state index >= 15 is 0 Å². The molecular weight excluding hydrogens is 260 g/mol. The molecule has 0 saturated heterocycles. The van der Waals surface area contributed by atoms with Gasteiger partial charge in [0.15, 0.2) is 0 Å². The van der Waals surface area contributed by atoms with Crippen LogP contribution in [0.4, 0.5) is 0 Å². The van der Waals surface area contributed by atoms with Gasteiger partial charge in [-0.25, -0.2) is 4.68 Å². The van der Waals surface area contributed by atoms with Gasteiger partial charge in [-0.3, -0.25) is 9.59 Å². The third-order valence-electron chi connectivity index (χ3n) is 3.14. The molecule has 7 nitrogen and oxygen atoms in total. The highest BCUT2D eigenvalue weighted by Crippen LogP contribution is 2.15. The van der Waals surface area contributed by atoms with Crippen LogP contribution in [0.25, 0.3) is 11.0 Å². The molecule has 1 amide bonds. The van der Waals surface area contributed by atoms with E-state index in [1.54, 1.807) is 43.8 Å². The van der Waals surface area contributed by atoms with Gasteiger partial charge in [-0.05, 0) is 32.0 Å². The lowest BCUT2D eigenvalue weighted by Crippen LogP contribution is -2.38. The molecule has 2 aromatic rings. The average Bonchev–Trinajstić information content (AvgIpc) is 2.77. The molecule has 1 aromatic heterocycles. The molecule has 20 heavy (non-hydrogen) atoms. The van der Waals surface area contributed by atoms with Gasteiger partial charge in [-0.15, -0.1) is 5.10 Å². The molecular formula is C13H16N4O3. The summed E-state index contributed by atoms with van der Waals surface area (Å²) in [4.78, 5) is 23.0. The normalized spacial score (nSPS) is 11.6. The zero-order chi connectivity index (χ0) is 14.9. The molecule has 0 radical (unpaired) electrons. The number of carboxylic acids is 1. The number of hydrogen-bond donors (Lipinski definition) is 2. The number of hydrogen-bond acceptors (Lipinski definition) is 4. The number of benzene rings is 1. The maximum atomic E-state index is 12.0. The topological polar surface area (TPSA) is 97.1 Å². The largest absolute Gasteiger partial charge is 0.481 e. The van der Waals surface area contributed by atoms with E-state index in [2.05, 4.69) is 15.6 Å². The molecule has 2 rings (SSSR count). The second-order valence-electron chi connectivity index (χ2n) is 5.29. The minimum Gasteiger partial charge on any atom is -0.481 e. The van der Waals surface area contributed by atoms with Crippen LogP contribution in [-0.4, -0.2) is 38.5 Å². The number of aliphatic carboxylic acids is 1. The molecule has 0 spiro atoms. The first-order chi connectivity index (χ1) is 9.31. The fourth-order valence-corrected chi connectivity index (χ4v) is 1.66. The SMILES string of the molecule is Cn1nnc2cc(C(=O)NCC(C)(C)C(=O)O)ccc21. The molecule has 0 unspecified atom stereocenters. The van der Waals surface area contributed by atoms with Gasteiger partial charge in [0.2, 0.25) is 0 Å². The summed E-state index contributed by atoms with van der Waals surface area (Å²) in [6.45, 7) is 3.17. The number of amides is 1. The molecule has 1 heterocycles. The Labute approximate surface area is 115 Å². The van der Waals surface area contributed by atoms with E-state index in [-0.39, 0.29) is 12.5 Å². The van der Waals surface area contributed by atoms with Gasteiger partial charge >= 0.3 is 5.97 Å². The molecule has 7 heteroatoms. The maximum absolute atomic E-state index is 12.0. The van der Waals surface area contributed by atoms with Gasteiger partial charge in [-0.2, -0.15) is 0 Å². The van der Waals surface area contributed by atoms with Crippen LogP contribution in [-0.2, 0) is 11.8 Å². The quantitative estimate of drug-likeness (QED) is 0.861. The number of carbonyl (C=O) groups is 2. The van der Waals surface area contributed by atoms with Crippen molar-refractivity contribution in [3.05, 3.63) is 23.8 Å². The van der Waals surface area contributed by atoms with Crippen molar-refractivity contribution in [3.8, 4) is 0 Å². The van der Waals surface area contributed by atoms with Gasteiger partial charge in [0.1, 0.15) is 5.52 Å². The number of carboxylic acid groups (broad SMARTS) is 1. The van der Waals surface area contributed by atoms with E-state index < -0.39 is 11.4 Å². The molecule has 106 valence electrons. The monoisotopic (exact) mass is 276 g/mol. The number of nitrogens with one attached hydrogen (secondary N) is 1. The van der Waals surface area contributed by atoms with Gasteiger partial charge in [0.25, 0.3) is 5.91 Å². The molecule has 0 atom stereocenters. The van der Waals surface area contributed by atoms with Gasteiger partial charge in [0, 0.05) is 19.2 Å². The van der Waals surface area contributed by atoms with Crippen molar-refractivity contribution >= 4 is 22.9 Å². The van der Waals surface area contributed by atoms with E-state index in [4.69, 9.17) is 5.11 Å². The predicted molar refractivity (Wildman–Crippen MR) is 72.3 cm³/mol. The second kappa shape index (κ2) is 4.92. The smallest absolute Gasteiger partial charge is 0.310 e. The highest BCUT2D eigenvalue weighted by Gasteiger charge is 2.27. The summed E-state index contributed by atoms with van der Waals surface area (Å²) in [5, 5.41) is 19.4. The number of fused-ring (bicyclic) bond motifs is 1. The number of rotatable bonds is 4. The highest BCUT2D eigenvalue weighted by atomic mass is 16.4. The Morgan fingerprint density at radius 3 is 2.75 bits per heavy atom. The number of carbonyl (C=O) groups excluding carboxylic acids is 1. The standard InChI is InChI=1S/C13H16N4O3/c1-13(2,12(19)20)7-14-11(18)8-4-5-10-9(6-8)15-16-17(10)3/h4-6H,7H2,1-3H3,(H,14,18)(H,19,20). The summed E-state index contributed by atoms with van der Waals surface area (Å²) < 4.78 is 1.62. The van der Waals surface area contributed by atoms with Crippen LogP contribution < -0.4 is 5.32 Å². The zero-order valence-corrected chi connectivity index (χ0v) is 11.5. The summed E-state index contributed by atoms with van der Waals surface area (Å²) in [7, 11) is 1.77. The summed E-state index contributed by atoms with van der Waals surface area (Å²) in [6, 6.07) is 5.05. The summed E-state index contributed by atoms with van der Waals surface area (Å²) in [6.07, 6.45) is 0. The van der Waals surface area contributed by atoms with E-state index in [1.807, 2.05) is 0 Å². The number of nitrogens with zero attached hydrogens (tertiary/aromatic N) is 3. The highest BCUT2D eigenvalue weighted by molar-refractivity contribution is 5.97. The van der Waals surface area contributed by atoms with Gasteiger partial charge in [0.05, 0.1) is 10.9 Å². The average molecular weight is 276 g/mol. The molecule has 0 fully saturated rings. The Balaban J connectivity index is 2.13. The Kier molecular flexibility index (Phi) is 3.44. The van der Waals surface area contributed by atoms with Crippen LogP contribution in [0.1, 0.15) is 24.2 Å². The van der Waals surface area contributed by atoms with Crippen LogP contribution in [0.3, 0.4) is 0 Å². The lowest BCUT2D eigenvalue weighted by atomic mass is 9.94. The van der Waals surface area contributed by atoms with Crippen molar-refractivity contribution in [1.29, 1.82) is 0 Å². The minimum absolute atomic E-state index is 0.0552. The molecule has 0 aliphatic rings. The van der Waals surface area contributed by atoms with Crippen LogP contribution in [0.5, 0.6) is 0 Å². The zero-order valence-electron chi connectivity index (χ0n) is 11.5. The van der Waals surface area contributed by atoms with Crippen LogP contribution >= 0.6 is 0 Å². The third kappa shape index (κ3) is 2.61. The molecule has 1 aromatic carbocycles. The fourth-order valence-electron chi connectivity index (χ4n) is 1.66. The van der Waals surface area contributed by atoms with Crippen molar-refractivity contribution in [1.82, 2.24) is 20.3 Å². The van der Waals surface area contributed by atoms with E-state index in [1.165, 1.54) is 0 Å². The third-order valence-corrected chi connectivity index (χ3v) is 3.14. The molecule has 0 saturated carbocycles. The van der Waals surface area contributed by atoms with Crippen LogP contribution in [0.15, 0.2) is 18.2 Å². The molecule has 0 aliphatic carbocycles. The second-order valence-corrected chi connectivity index (χ2v) is 5.29. The predicted octanol–water partition coefficient (Wildman–Crippen LogP) is 0.809. The van der Waals surface area contributed by atoms with Gasteiger partial charge in [-0.1, -0.05) is 5.21 Å². The Morgan fingerprint density at radius 2 is 2.10 bits per heavy atom.